The summed E-state index contributed by atoms with van der Waals surface area (Å²) >= 11 is 9.54. The van der Waals surface area contributed by atoms with E-state index in [-0.39, 0.29) is 16.5 Å². The van der Waals surface area contributed by atoms with Gasteiger partial charge < -0.3 is 14.6 Å². The van der Waals surface area contributed by atoms with Crippen LogP contribution in [0.4, 0.5) is 11.5 Å². The van der Waals surface area contributed by atoms with Crippen LogP contribution in [0.2, 0.25) is 5.15 Å². The van der Waals surface area contributed by atoms with E-state index in [9.17, 15) is 4.79 Å². The van der Waals surface area contributed by atoms with E-state index in [0.29, 0.717) is 6.54 Å². The molecule has 0 saturated carbocycles. The molecule has 0 spiro atoms. The minimum absolute atomic E-state index is 0.174. The third-order valence-electron chi connectivity index (χ3n) is 3.58. The smallest absolute Gasteiger partial charge is 0.294 e. The normalized spacial score (nSPS) is 10.5. The van der Waals surface area contributed by atoms with Gasteiger partial charge in [-0.3, -0.25) is 4.79 Å². The van der Waals surface area contributed by atoms with Gasteiger partial charge in [0.1, 0.15) is 10.9 Å². The molecule has 0 aliphatic rings. The number of hydrogen-bond donors (Lipinski definition) is 1. The maximum Gasteiger partial charge on any atom is 0.294 e. The number of ether oxygens (including phenoxy) is 1. The zero-order valence-electron chi connectivity index (χ0n) is 13.4. The molecule has 7 heteroatoms. The zero-order valence-corrected chi connectivity index (χ0v) is 15.7. The Hall–Kier alpha value is -2.31. The van der Waals surface area contributed by atoms with Crippen LogP contribution >= 0.6 is 27.5 Å². The van der Waals surface area contributed by atoms with Gasteiger partial charge in [-0.15, -0.1) is 0 Å². The topological polar surface area (TPSA) is 56.1 Å². The van der Waals surface area contributed by atoms with Gasteiger partial charge in [-0.2, -0.15) is 0 Å². The second-order valence-electron chi connectivity index (χ2n) is 5.30. The van der Waals surface area contributed by atoms with Gasteiger partial charge >= 0.3 is 0 Å². The van der Waals surface area contributed by atoms with E-state index in [4.69, 9.17) is 16.3 Å². The quantitative estimate of drug-likeness (QED) is 0.662. The minimum atomic E-state index is -0.254. The first-order valence-electron chi connectivity index (χ1n) is 7.48. The van der Waals surface area contributed by atoms with Gasteiger partial charge in [-0.25, -0.2) is 4.98 Å². The van der Waals surface area contributed by atoms with E-state index in [1.165, 1.54) is 10.8 Å². The highest BCUT2D eigenvalue weighted by Gasteiger charge is 2.10. The molecule has 1 aromatic heterocycles. The van der Waals surface area contributed by atoms with Gasteiger partial charge in [0.2, 0.25) is 0 Å². The summed E-state index contributed by atoms with van der Waals surface area (Å²) in [7, 11) is 1.61. The average Bonchev–Trinajstić information content (AvgIpc) is 2.61. The second-order valence-corrected chi connectivity index (χ2v) is 6.54. The van der Waals surface area contributed by atoms with Crippen LogP contribution in [0.15, 0.2) is 64.0 Å². The van der Waals surface area contributed by atoms with Crippen molar-refractivity contribution in [3.8, 4) is 5.75 Å². The molecule has 1 heterocycles. The monoisotopic (exact) mass is 419 g/mol. The van der Waals surface area contributed by atoms with E-state index in [2.05, 4.69) is 26.2 Å². The molecule has 25 heavy (non-hydrogen) atoms. The molecule has 0 fully saturated rings. The maximum absolute atomic E-state index is 12.7. The van der Waals surface area contributed by atoms with Crippen molar-refractivity contribution in [2.45, 2.75) is 6.54 Å². The molecule has 128 valence electrons. The molecule has 0 saturated heterocycles. The number of halogens is 2. The molecule has 0 atom stereocenters. The Bertz CT molecular complexity index is 942. The van der Waals surface area contributed by atoms with Gasteiger partial charge in [0, 0.05) is 10.7 Å². The fraction of sp³-hybridized carbons (Fsp3) is 0.111. The number of aromatic nitrogens is 2. The van der Waals surface area contributed by atoms with Gasteiger partial charge in [-0.05, 0) is 45.8 Å². The number of anilines is 2. The van der Waals surface area contributed by atoms with Crippen molar-refractivity contribution >= 4 is 39.0 Å². The van der Waals surface area contributed by atoms with E-state index in [1.54, 1.807) is 7.11 Å². The summed E-state index contributed by atoms with van der Waals surface area (Å²) in [6.45, 7) is 0.385. The Morgan fingerprint density at radius 2 is 1.92 bits per heavy atom. The molecule has 0 aliphatic carbocycles. The molecule has 0 aliphatic heterocycles. The number of methoxy groups -OCH3 is 1. The SMILES string of the molecule is COc1ccc(Cn2cc(Cl)nc(Nc3ccccc3Br)c2=O)cc1. The van der Waals surface area contributed by atoms with Crippen LogP contribution in [0.3, 0.4) is 0 Å². The third-order valence-corrected chi connectivity index (χ3v) is 4.46. The van der Waals surface area contributed by atoms with Crippen molar-refractivity contribution in [2.24, 2.45) is 0 Å². The van der Waals surface area contributed by atoms with Crippen LogP contribution in [0.25, 0.3) is 0 Å². The lowest BCUT2D eigenvalue weighted by Gasteiger charge is -2.11. The predicted octanol–water partition coefficient (Wildman–Crippen LogP) is 4.46. The van der Waals surface area contributed by atoms with Crippen molar-refractivity contribution in [1.82, 2.24) is 9.55 Å². The molecule has 0 bridgehead atoms. The lowest BCUT2D eigenvalue weighted by atomic mass is 10.2. The molecule has 0 radical (unpaired) electrons. The number of para-hydroxylation sites is 1. The van der Waals surface area contributed by atoms with Gasteiger partial charge in [0.25, 0.3) is 5.56 Å². The van der Waals surface area contributed by atoms with E-state index in [1.807, 2.05) is 48.5 Å². The highest BCUT2D eigenvalue weighted by Crippen LogP contribution is 2.23. The van der Waals surface area contributed by atoms with E-state index in [0.717, 1.165) is 21.5 Å². The summed E-state index contributed by atoms with van der Waals surface area (Å²) in [5.41, 5.74) is 1.44. The number of nitrogens with zero attached hydrogens (tertiary/aromatic N) is 2. The van der Waals surface area contributed by atoms with Crippen molar-refractivity contribution in [2.75, 3.05) is 12.4 Å². The molecule has 1 N–H and O–H groups in total. The van der Waals surface area contributed by atoms with Crippen LogP contribution < -0.4 is 15.6 Å². The van der Waals surface area contributed by atoms with Crippen LogP contribution in [0.5, 0.6) is 5.75 Å². The summed E-state index contributed by atoms with van der Waals surface area (Å²) in [6, 6.07) is 15.0. The van der Waals surface area contributed by atoms with Gasteiger partial charge in [0.05, 0.1) is 19.3 Å². The summed E-state index contributed by atoms with van der Waals surface area (Å²) in [5.74, 6) is 0.938. The lowest BCUT2D eigenvalue weighted by Crippen LogP contribution is -2.24. The summed E-state index contributed by atoms with van der Waals surface area (Å²) in [5, 5.41) is 3.27. The molecule has 3 aromatic rings. The highest BCUT2D eigenvalue weighted by atomic mass is 79.9. The fourth-order valence-corrected chi connectivity index (χ4v) is 2.91. The minimum Gasteiger partial charge on any atom is -0.497 e. The van der Waals surface area contributed by atoms with Gasteiger partial charge in [0.15, 0.2) is 5.82 Å². The largest absolute Gasteiger partial charge is 0.497 e. The Labute approximate surface area is 158 Å². The summed E-state index contributed by atoms with van der Waals surface area (Å²) < 4.78 is 7.50. The van der Waals surface area contributed by atoms with Gasteiger partial charge in [-0.1, -0.05) is 35.9 Å². The van der Waals surface area contributed by atoms with Crippen LogP contribution in [-0.4, -0.2) is 16.7 Å². The van der Waals surface area contributed by atoms with Crippen LogP contribution in [0.1, 0.15) is 5.56 Å². The summed E-state index contributed by atoms with van der Waals surface area (Å²) in [4.78, 5) is 16.8. The zero-order chi connectivity index (χ0) is 17.8. The first kappa shape index (κ1) is 17.5. The third kappa shape index (κ3) is 4.21. The number of nitrogens with one attached hydrogen (secondary N) is 1. The Kier molecular flexibility index (Phi) is 5.40. The summed E-state index contributed by atoms with van der Waals surface area (Å²) in [6.07, 6.45) is 1.53. The van der Waals surface area contributed by atoms with Crippen LogP contribution in [-0.2, 0) is 6.54 Å². The first-order valence-corrected chi connectivity index (χ1v) is 8.65. The van der Waals surface area contributed by atoms with Crippen molar-refractivity contribution in [3.63, 3.8) is 0 Å². The van der Waals surface area contributed by atoms with Crippen molar-refractivity contribution < 1.29 is 4.74 Å². The van der Waals surface area contributed by atoms with Crippen molar-refractivity contribution in [3.05, 3.63) is 80.3 Å². The molecular formula is C18H15BrClN3O2. The number of rotatable bonds is 5. The number of benzene rings is 2. The van der Waals surface area contributed by atoms with Crippen molar-refractivity contribution in [1.29, 1.82) is 0 Å². The lowest BCUT2D eigenvalue weighted by molar-refractivity contribution is 0.414. The highest BCUT2D eigenvalue weighted by molar-refractivity contribution is 9.10. The molecule has 2 aromatic carbocycles. The second kappa shape index (κ2) is 7.72. The van der Waals surface area contributed by atoms with Crippen LogP contribution in [0, 0.1) is 0 Å². The molecule has 5 nitrogen and oxygen atoms in total. The van der Waals surface area contributed by atoms with E-state index >= 15 is 0 Å². The Morgan fingerprint density at radius 3 is 2.60 bits per heavy atom. The molecule has 0 amide bonds. The standard InChI is InChI=1S/C18H15BrClN3O2/c1-25-13-8-6-12(7-9-13)10-23-11-16(20)22-17(18(23)24)21-15-5-3-2-4-14(15)19/h2-9,11H,10H2,1H3,(H,21,22). The Morgan fingerprint density at radius 1 is 1.20 bits per heavy atom. The predicted molar refractivity (Wildman–Crippen MR) is 103 cm³/mol. The van der Waals surface area contributed by atoms with E-state index < -0.39 is 0 Å². The molecule has 0 unspecified atom stereocenters. The molecular weight excluding hydrogens is 406 g/mol. The first-order chi connectivity index (χ1) is 12.1. The maximum atomic E-state index is 12.7. The Balaban J connectivity index is 1.91. The molecule has 3 rings (SSSR count). The number of hydrogen-bond acceptors (Lipinski definition) is 4. The average molecular weight is 421 g/mol. The fourth-order valence-electron chi connectivity index (χ4n) is 2.32.